The number of urea groups is 1. The molecule has 1 aromatic carbocycles. The molecule has 0 saturated carbocycles. The lowest BCUT2D eigenvalue weighted by atomic mass is 10.2. The number of benzene rings is 1. The van der Waals surface area contributed by atoms with E-state index in [9.17, 15) is 14.4 Å². The molecule has 0 aromatic heterocycles. The fraction of sp³-hybridized carbons (Fsp3) is 0.357. The third kappa shape index (κ3) is 6.05. The number of imide groups is 1. The van der Waals surface area contributed by atoms with E-state index in [-0.39, 0.29) is 12.5 Å². The summed E-state index contributed by atoms with van der Waals surface area (Å²) in [5.41, 5.74) is 0.500. The molecule has 126 valence electrons. The topological polar surface area (TPSA) is 90.5 Å². The molecule has 7 nitrogen and oxygen atoms in total. The number of amides is 4. The van der Waals surface area contributed by atoms with E-state index in [0.717, 1.165) is 0 Å². The molecule has 0 radical (unpaired) electrons. The van der Waals surface area contributed by atoms with Gasteiger partial charge in [-0.3, -0.25) is 19.8 Å². The zero-order valence-electron chi connectivity index (χ0n) is 12.9. The maximum absolute atomic E-state index is 12.0. The first-order valence-electron chi connectivity index (χ1n) is 6.72. The fourth-order valence-electron chi connectivity index (χ4n) is 1.62. The Kier molecular flexibility index (Phi) is 7.28. The summed E-state index contributed by atoms with van der Waals surface area (Å²) in [5, 5.41) is 7.81. The van der Waals surface area contributed by atoms with Crippen LogP contribution in [0.25, 0.3) is 0 Å². The van der Waals surface area contributed by atoms with Crippen LogP contribution in [0.3, 0.4) is 0 Å². The lowest BCUT2D eigenvalue weighted by molar-refractivity contribution is -0.125. The highest BCUT2D eigenvalue weighted by Gasteiger charge is 2.21. The summed E-state index contributed by atoms with van der Waals surface area (Å²) in [7, 11) is 3.00. The van der Waals surface area contributed by atoms with Crippen LogP contribution in [0.15, 0.2) is 18.2 Å². The quantitative estimate of drug-likeness (QED) is 0.745. The van der Waals surface area contributed by atoms with Gasteiger partial charge in [0.1, 0.15) is 0 Å². The van der Waals surface area contributed by atoms with E-state index in [1.54, 1.807) is 26.1 Å². The SMILES string of the molecule is CNC(=O)NC(=O)[C@@H](C)N(C)CC(=O)Nc1ccc(Cl)c(Cl)c1. The van der Waals surface area contributed by atoms with E-state index in [4.69, 9.17) is 23.2 Å². The van der Waals surface area contributed by atoms with Gasteiger partial charge in [-0.05, 0) is 32.2 Å². The average molecular weight is 361 g/mol. The number of rotatable bonds is 5. The van der Waals surface area contributed by atoms with Gasteiger partial charge in [0.15, 0.2) is 0 Å². The largest absolute Gasteiger partial charge is 0.341 e. The minimum Gasteiger partial charge on any atom is -0.341 e. The Hall–Kier alpha value is -1.83. The maximum Gasteiger partial charge on any atom is 0.321 e. The van der Waals surface area contributed by atoms with Gasteiger partial charge >= 0.3 is 6.03 Å². The predicted octanol–water partition coefficient (Wildman–Crippen LogP) is 1.71. The van der Waals surface area contributed by atoms with Crippen molar-refractivity contribution < 1.29 is 14.4 Å². The highest BCUT2D eigenvalue weighted by Crippen LogP contribution is 2.24. The summed E-state index contributed by atoms with van der Waals surface area (Å²) in [6.45, 7) is 1.55. The molecule has 0 aliphatic carbocycles. The van der Waals surface area contributed by atoms with E-state index < -0.39 is 18.0 Å². The minimum atomic E-state index is -0.660. The Balaban J connectivity index is 2.56. The van der Waals surface area contributed by atoms with E-state index in [2.05, 4.69) is 16.0 Å². The van der Waals surface area contributed by atoms with Crippen molar-refractivity contribution in [3.8, 4) is 0 Å². The second kappa shape index (κ2) is 8.71. The molecule has 0 unspecified atom stereocenters. The van der Waals surface area contributed by atoms with Gasteiger partial charge < -0.3 is 10.6 Å². The molecule has 0 aliphatic rings. The van der Waals surface area contributed by atoms with Gasteiger partial charge in [-0.25, -0.2) is 4.79 Å². The number of likely N-dealkylation sites (N-methyl/N-ethyl adjacent to an activating group) is 1. The first-order valence-corrected chi connectivity index (χ1v) is 7.48. The smallest absolute Gasteiger partial charge is 0.321 e. The van der Waals surface area contributed by atoms with Crippen molar-refractivity contribution in [1.29, 1.82) is 0 Å². The standard InChI is InChI=1S/C14H18Cl2N4O3/c1-8(13(22)19-14(23)17-2)20(3)7-12(21)18-9-4-5-10(15)11(16)6-9/h4-6,8H,7H2,1-3H3,(H,18,21)(H2,17,19,22,23)/t8-/m1/s1. The van der Waals surface area contributed by atoms with Crippen LogP contribution in [0.1, 0.15) is 6.92 Å². The highest BCUT2D eigenvalue weighted by molar-refractivity contribution is 6.42. The molecule has 0 aliphatic heterocycles. The number of nitrogens with one attached hydrogen (secondary N) is 3. The molecule has 23 heavy (non-hydrogen) atoms. The van der Waals surface area contributed by atoms with Gasteiger partial charge in [0, 0.05) is 12.7 Å². The number of hydrogen-bond acceptors (Lipinski definition) is 4. The molecule has 3 N–H and O–H groups in total. The van der Waals surface area contributed by atoms with Crippen molar-refractivity contribution in [1.82, 2.24) is 15.5 Å². The van der Waals surface area contributed by atoms with Gasteiger partial charge in [0.25, 0.3) is 0 Å². The summed E-state index contributed by atoms with van der Waals surface area (Å²) in [5.74, 6) is -0.834. The monoisotopic (exact) mass is 360 g/mol. The number of hydrogen-bond donors (Lipinski definition) is 3. The van der Waals surface area contributed by atoms with Crippen LogP contribution in [-0.4, -0.2) is 49.4 Å². The third-order valence-electron chi connectivity index (χ3n) is 3.10. The highest BCUT2D eigenvalue weighted by atomic mass is 35.5. The van der Waals surface area contributed by atoms with Crippen molar-refractivity contribution in [3.05, 3.63) is 28.2 Å². The Morgan fingerprint density at radius 3 is 2.43 bits per heavy atom. The molecule has 1 rings (SSSR count). The molecule has 0 fully saturated rings. The Labute approximate surface area is 144 Å². The summed E-state index contributed by atoms with van der Waals surface area (Å²) >= 11 is 11.7. The minimum absolute atomic E-state index is 0.0391. The number of anilines is 1. The van der Waals surface area contributed by atoms with E-state index in [0.29, 0.717) is 15.7 Å². The van der Waals surface area contributed by atoms with Crippen LogP contribution >= 0.6 is 23.2 Å². The lowest BCUT2D eigenvalue weighted by Crippen LogP contribution is -2.49. The molecular weight excluding hydrogens is 343 g/mol. The third-order valence-corrected chi connectivity index (χ3v) is 3.84. The van der Waals surface area contributed by atoms with Crippen LogP contribution < -0.4 is 16.0 Å². The summed E-state index contributed by atoms with van der Waals surface area (Å²) < 4.78 is 0. The van der Waals surface area contributed by atoms with Gasteiger partial charge in [-0.1, -0.05) is 23.2 Å². The number of nitrogens with zero attached hydrogens (tertiary/aromatic N) is 1. The van der Waals surface area contributed by atoms with Crippen LogP contribution in [0.4, 0.5) is 10.5 Å². The van der Waals surface area contributed by atoms with Crippen molar-refractivity contribution in [2.45, 2.75) is 13.0 Å². The average Bonchev–Trinajstić information content (AvgIpc) is 2.49. The van der Waals surface area contributed by atoms with Crippen molar-refractivity contribution in [2.75, 3.05) is 26.0 Å². The fourth-order valence-corrected chi connectivity index (χ4v) is 1.91. The second-order valence-corrected chi connectivity index (χ2v) is 5.65. The number of carbonyl (C=O) groups is 3. The maximum atomic E-state index is 12.0. The predicted molar refractivity (Wildman–Crippen MR) is 89.8 cm³/mol. The molecule has 9 heteroatoms. The zero-order chi connectivity index (χ0) is 17.6. The first kappa shape index (κ1) is 19.2. The lowest BCUT2D eigenvalue weighted by Gasteiger charge is -2.22. The summed E-state index contributed by atoms with van der Waals surface area (Å²) in [4.78, 5) is 36.4. The normalized spacial score (nSPS) is 11.7. The van der Waals surface area contributed by atoms with Crippen LogP contribution in [0, 0.1) is 0 Å². The van der Waals surface area contributed by atoms with Crippen LogP contribution in [-0.2, 0) is 9.59 Å². The molecule has 1 atom stereocenters. The van der Waals surface area contributed by atoms with Crippen LogP contribution in [0.5, 0.6) is 0 Å². The Bertz CT molecular complexity index is 610. The second-order valence-electron chi connectivity index (χ2n) is 4.84. The number of halogens is 2. The molecular formula is C14H18Cl2N4O3. The first-order chi connectivity index (χ1) is 10.7. The van der Waals surface area contributed by atoms with E-state index in [1.165, 1.54) is 18.0 Å². The van der Waals surface area contributed by atoms with E-state index in [1.807, 2.05) is 0 Å². The van der Waals surface area contributed by atoms with Gasteiger partial charge in [-0.2, -0.15) is 0 Å². The molecule has 1 aromatic rings. The number of carbonyl (C=O) groups excluding carboxylic acids is 3. The summed E-state index contributed by atoms with van der Waals surface area (Å²) in [6.07, 6.45) is 0. The Morgan fingerprint density at radius 2 is 1.87 bits per heavy atom. The van der Waals surface area contributed by atoms with Gasteiger partial charge in [-0.15, -0.1) is 0 Å². The molecule has 0 bridgehead atoms. The molecule has 0 heterocycles. The van der Waals surface area contributed by atoms with Gasteiger partial charge in [0.05, 0.1) is 22.6 Å². The van der Waals surface area contributed by atoms with Crippen molar-refractivity contribution in [3.63, 3.8) is 0 Å². The van der Waals surface area contributed by atoms with Crippen molar-refractivity contribution >= 4 is 46.7 Å². The molecule has 0 saturated heterocycles. The zero-order valence-corrected chi connectivity index (χ0v) is 14.5. The Morgan fingerprint density at radius 1 is 1.22 bits per heavy atom. The van der Waals surface area contributed by atoms with Gasteiger partial charge in [0.2, 0.25) is 11.8 Å². The van der Waals surface area contributed by atoms with E-state index >= 15 is 0 Å². The summed E-state index contributed by atoms with van der Waals surface area (Å²) in [6, 6.07) is 3.46. The molecule has 0 spiro atoms. The van der Waals surface area contributed by atoms with Crippen molar-refractivity contribution in [2.24, 2.45) is 0 Å². The van der Waals surface area contributed by atoms with Crippen LogP contribution in [0.2, 0.25) is 10.0 Å². The molecule has 4 amide bonds.